The molecule has 0 saturated carbocycles. The van der Waals surface area contributed by atoms with Crippen LogP contribution in [0.25, 0.3) is 0 Å². The van der Waals surface area contributed by atoms with E-state index >= 15 is 0 Å². The number of carboxylic acid groups (broad SMARTS) is 1. The van der Waals surface area contributed by atoms with E-state index in [4.69, 9.17) is 4.74 Å². The van der Waals surface area contributed by atoms with Crippen LogP contribution in [0, 0.1) is 0 Å². The van der Waals surface area contributed by atoms with Crippen molar-refractivity contribution in [3.05, 3.63) is 48.0 Å². The molecule has 0 spiro atoms. The van der Waals surface area contributed by atoms with Crippen molar-refractivity contribution in [3.63, 3.8) is 0 Å². The summed E-state index contributed by atoms with van der Waals surface area (Å²) in [6, 6.07) is 9.52. The molecule has 0 radical (unpaired) electrons. The highest BCUT2D eigenvalue weighted by Crippen LogP contribution is 2.12. The van der Waals surface area contributed by atoms with Gasteiger partial charge in [-0.3, -0.25) is 0 Å². The third-order valence-electron chi connectivity index (χ3n) is 3.11. The third-order valence-corrected chi connectivity index (χ3v) is 3.11. The maximum absolute atomic E-state index is 11.7. The normalized spacial score (nSPS) is 12.5. The maximum Gasteiger partial charge on any atom is 0.513 e. The maximum atomic E-state index is 11.7. The fourth-order valence-corrected chi connectivity index (χ4v) is 1.86. The Bertz CT molecular complexity index is 522. The van der Waals surface area contributed by atoms with Gasteiger partial charge in [-0.15, -0.1) is 0 Å². The minimum atomic E-state index is -0.973. The molecule has 1 unspecified atom stereocenters. The number of carbonyl (C=O) groups is 2. The van der Waals surface area contributed by atoms with Gasteiger partial charge >= 0.3 is 12.1 Å². The van der Waals surface area contributed by atoms with Crippen LogP contribution in [-0.2, 0) is 16.0 Å². The van der Waals surface area contributed by atoms with Crippen molar-refractivity contribution in [1.29, 1.82) is 0 Å². The van der Waals surface area contributed by atoms with E-state index in [9.17, 15) is 14.7 Å². The second-order valence-electron chi connectivity index (χ2n) is 5.65. The van der Waals surface area contributed by atoms with E-state index in [1.54, 1.807) is 21.0 Å². The van der Waals surface area contributed by atoms with E-state index in [1.807, 2.05) is 30.3 Å². The van der Waals surface area contributed by atoms with E-state index in [-0.39, 0.29) is 11.0 Å². The van der Waals surface area contributed by atoms with Gasteiger partial charge in [0.15, 0.2) is 6.10 Å². The number of quaternary nitrogens is 1. The molecule has 0 heterocycles. The van der Waals surface area contributed by atoms with Crippen molar-refractivity contribution in [2.75, 3.05) is 20.6 Å². The molecule has 1 aromatic carbocycles. The average Bonchev–Trinajstić information content (AvgIpc) is 2.38. The summed E-state index contributed by atoms with van der Waals surface area (Å²) in [5.41, 5.74) is 1.29. The first-order chi connectivity index (χ1) is 9.72. The van der Waals surface area contributed by atoms with E-state index < -0.39 is 18.2 Å². The molecular weight excluding hydrogens is 270 g/mol. The van der Waals surface area contributed by atoms with Crippen LogP contribution in [0.3, 0.4) is 0 Å². The summed E-state index contributed by atoms with van der Waals surface area (Å²) in [6.45, 7) is 5.30. The van der Waals surface area contributed by atoms with Crippen LogP contribution in [0.15, 0.2) is 42.5 Å². The molecule has 21 heavy (non-hydrogen) atoms. The van der Waals surface area contributed by atoms with E-state index in [0.29, 0.717) is 12.0 Å². The first kappa shape index (κ1) is 16.9. The molecule has 1 aromatic rings. The van der Waals surface area contributed by atoms with Crippen LogP contribution in [0.1, 0.15) is 12.5 Å². The molecule has 1 rings (SSSR count). The predicted octanol–water partition coefficient (Wildman–Crippen LogP) is 2.47. The number of nitrogens with zero attached hydrogens (tertiary/aromatic N) is 1. The van der Waals surface area contributed by atoms with Crippen LogP contribution in [0.4, 0.5) is 4.79 Å². The topological polar surface area (TPSA) is 63.6 Å². The fourth-order valence-electron chi connectivity index (χ4n) is 1.86. The lowest BCUT2D eigenvalue weighted by Crippen LogP contribution is -2.50. The zero-order valence-corrected chi connectivity index (χ0v) is 12.7. The van der Waals surface area contributed by atoms with Gasteiger partial charge in [-0.05, 0) is 12.5 Å². The molecule has 0 saturated heterocycles. The summed E-state index contributed by atoms with van der Waals surface area (Å²) < 4.78 is 5.11. The molecule has 114 valence electrons. The number of ether oxygens (including phenoxy) is 1. The molecule has 0 bridgehead atoms. The Labute approximate surface area is 125 Å². The second kappa shape index (κ2) is 7.04. The van der Waals surface area contributed by atoms with Gasteiger partial charge in [-0.25, -0.2) is 9.28 Å². The highest BCUT2D eigenvalue weighted by atomic mass is 16.5. The predicted molar refractivity (Wildman–Crippen MR) is 79.8 cm³/mol. The highest BCUT2D eigenvalue weighted by Gasteiger charge is 2.32. The number of likely N-dealkylation sites (N-methyl/N-ethyl adjacent to an activating group) is 1. The Morgan fingerprint density at radius 3 is 2.33 bits per heavy atom. The SMILES string of the molecule is C=C(C)C(=O)OC(Cc1ccccc1)C[N+](C)(C)C(=O)O. The summed E-state index contributed by atoms with van der Waals surface area (Å²) >= 11 is 0. The van der Waals surface area contributed by atoms with Crippen molar-refractivity contribution >= 4 is 12.1 Å². The van der Waals surface area contributed by atoms with Crippen molar-refractivity contribution in [3.8, 4) is 0 Å². The van der Waals surface area contributed by atoms with Gasteiger partial charge in [0.05, 0.1) is 14.1 Å². The van der Waals surface area contributed by atoms with Gasteiger partial charge in [0.1, 0.15) is 6.54 Å². The van der Waals surface area contributed by atoms with Gasteiger partial charge in [0.2, 0.25) is 0 Å². The zero-order valence-electron chi connectivity index (χ0n) is 12.7. The molecule has 1 N–H and O–H groups in total. The molecule has 0 aliphatic rings. The van der Waals surface area contributed by atoms with Crippen LogP contribution in [0.5, 0.6) is 0 Å². The zero-order chi connectivity index (χ0) is 16.0. The Balaban J connectivity index is 2.86. The minimum Gasteiger partial charge on any atom is -0.453 e. The molecule has 0 aliphatic carbocycles. The van der Waals surface area contributed by atoms with Gasteiger partial charge in [-0.2, -0.15) is 4.79 Å². The molecule has 5 nitrogen and oxygen atoms in total. The second-order valence-corrected chi connectivity index (χ2v) is 5.65. The Kier molecular flexibility index (Phi) is 5.67. The van der Waals surface area contributed by atoms with Gasteiger partial charge < -0.3 is 9.84 Å². The third kappa shape index (κ3) is 5.39. The molecule has 1 amide bonds. The largest absolute Gasteiger partial charge is 0.513 e. The molecule has 0 fully saturated rings. The molecule has 0 aliphatic heterocycles. The average molecular weight is 292 g/mol. The van der Waals surface area contributed by atoms with Crippen molar-refractivity contribution in [2.24, 2.45) is 0 Å². The highest BCUT2D eigenvalue weighted by molar-refractivity contribution is 5.87. The standard InChI is InChI=1S/C16H21NO4/c1-12(2)15(18)21-14(11-17(3,4)16(19)20)10-13-8-6-5-7-9-13/h5-9,14H,1,10-11H2,2-4H3/p+1. The van der Waals surface area contributed by atoms with E-state index in [2.05, 4.69) is 6.58 Å². The lowest BCUT2D eigenvalue weighted by Gasteiger charge is -2.28. The van der Waals surface area contributed by atoms with Crippen molar-refractivity contribution in [1.82, 2.24) is 0 Å². The van der Waals surface area contributed by atoms with E-state index in [1.165, 1.54) is 0 Å². The first-order valence-electron chi connectivity index (χ1n) is 6.69. The molecular formula is C16H22NO4+. The Morgan fingerprint density at radius 1 is 1.29 bits per heavy atom. The van der Waals surface area contributed by atoms with Crippen LogP contribution >= 0.6 is 0 Å². The monoisotopic (exact) mass is 292 g/mol. The smallest absolute Gasteiger partial charge is 0.453 e. The lowest BCUT2D eigenvalue weighted by atomic mass is 10.1. The molecule has 5 heteroatoms. The number of hydrogen-bond donors (Lipinski definition) is 1. The number of amides is 1. The van der Waals surface area contributed by atoms with Crippen LogP contribution in [0.2, 0.25) is 0 Å². The molecule has 1 atom stereocenters. The summed E-state index contributed by atoms with van der Waals surface area (Å²) in [6.07, 6.45) is -1.03. The van der Waals surface area contributed by atoms with Gasteiger partial charge in [0.25, 0.3) is 0 Å². The minimum absolute atomic E-state index is 0.184. The first-order valence-corrected chi connectivity index (χ1v) is 6.69. The summed E-state index contributed by atoms with van der Waals surface area (Å²) in [7, 11) is 3.13. The number of esters is 1. The van der Waals surface area contributed by atoms with Crippen molar-refractivity contribution in [2.45, 2.75) is 19.4 Å². The Hall–Kier alpha value is -2.14. The van der Waals surface area contributed by atoms with Gasteiger partial charge in [0, 0.05) is 12.0 Å². The summed E-state index contributed by atoms with van der Waals surface area (Å²) in [4.78, 5) is 23.0. The number of hydrogen-bond acceptors (Lipinski definition) is 3. The lowest BCUT2D eigenvalue weighted by molar-refractivity contribution is -0.820. The summed E-state index contributed by atoms with van der Waals surface area (Å²) in [5.74, 6) is -0.499. The van der Waals surface area contributed by atoms with Gasteiger partial charge in [-0.1, -0.05) is 36.9 Å². The van der Waals surface area contributed by atoms with Crippen LogP contribution < -0.4 is 0 Å². The number of rotatable bonds is 6. The Morgan fingerprint density at radius 2 is 1.86 bits per heavy atom. The molecule has 0 aromatic heterocycles. The quantitative estimate of drug-likeness (QED) is 0.497. The van der Waals surface area contributed by atoms with Crippen molar-refractivity contribution < 1.29 is 23.9 Å². The number of carbonyl (C=O) groups excluding carboxylic acids is 1. The van der Waals surface area contributed by atoms with E-state index in [0.717, 1.165) is 5.56 Å². The van der Waals surface area contributed by atoms with Crippen LogP contribution in [-0.4, -0.2) is 48.4 Å². The summed E-state index contributed by atoms with van der Waals surface area (Å²) in [5, 5.41) is 9.21. The fraction of sp³-hybridized carbons (Fsp3) is 0.375. The number of benzene rings is 1.